The van der Waals surface area contributed by atoms with Crippen LogP contribution < -0.4 is 0 Å². The number of nitrogens with zero attached hydrogens (tertiary/aromatic N) is 5. The van der Waals surface area contributed by atoms with Crippen LogP contribution in [0, 0.1) is 0 Å². The smallest absolute Gasteiger partial charge is 0.273 e. The van der Waals surface area contributed by atoms with Gasteiger partial charge in [0, 0.05) is 50.5 Å². The van der Waals surface area contributed by atoms with Gasteiger partial charge < -0.3 is 4.90 Å². The maximum atomic E-state index is 12.7. The second-order valence-electron chi connectivity index (χ2n) is 6.50. The normalized spacial score (nSPS) is 15.0. The molecule has 0 saturated carbocycles. The minimum atomic E-state index is 0.00380. The molecule has 1 amide bonds. The van der Waals surface area contributed by atoms with Crippen molar-refractivity contribution in [2.45, 2.75) is 6.42 Å². The molecule has 0 bridgehead atoms. The van der Waals surface area contributed by atoms with Crippen molar-refractivity contribution in [3.8, 4) is 10.7 Å². The van der Waals surface area contributed by atoms with Gasteiger partial charge in [-0.3, -0.25) is 19.7 Å². The molecule has 1 aliphatic rings. The molecule has 0 aliphatic carbocycles. The topological polar surface area (TPSA) is 62.2 Å². The Balaban J connectivity index is 1.30. The molecule has 3 heterocycles. The molecule has 0 N–H and O–H groups in total. The van der Waals surface area contributed by atoms with E-state index in [1.165, 1.54) is 16.9 Å². The molecule has 4 rings (SSSR count). The van der Waals surface area contributed by atoms with E-state index in [0.29, 0.717) is 11.4 Å². The number of hydrogen-bond acceptors (Lipinski definition) is 6. The SMILES string of the molecule is O=C(c1csc(-c2cnccn2)n1)N1CCN(CCc2ccccc2)CC1. The molecule has 2 aromatic heterocycles. The van der Waals surface area contributed by atoms with Gasteiger partial charge in [-0.25, -0.2) is 4.98 Å². The molecule has 0 radical (unpaired) electrons. The molecule has 0 atom stereocenters. The molecule has 1 aliphatic heterocycles. The molecule has 0 spiro atoms. The first-order valence-electron chi connectivity index (χ1n) is 9.07. The van der Waals surface area contributed by atoms with Crippen molar-refractivity contribution in [3.05, 3.63) is 65.6 Å². The summed E-state index contributed by atoms with van der Waals surface area (Å²) in [5.74, 6) is 0.00380. The summed E-state index contributed by atoms with van der Waals surface area (Å²) in [7, 11) is 0. The van der Waals surface area contributed by atoms with Crippen molar-refractivity contribution >= 4 is 17.2 Å². The van der Waals surface area contributed by atoms with E-state index in [-0.39, 0.29) is 5.91 Å². The van der Waals surface area contributed by atoms with Gasteiger partial charge in [0.2, 0.25) is 0 Å². The molecule has 7 heteroatoms. The van der Waals surface area contributed by atoms with Gasteiger partial charge >= 0.3 is 0 Å². The Hall–Kier alpha value is -2.64. The number of benzene rings is 1. The fourth-order valence-corrected chi connectivity index (χ4v) is 3.92. The quantitative estimate of drug-likeness (QED) is 0.682. The van der Waals surface area contributed by atoms with Crippen molar-refractivity contribution in [1.82, 2.24) is 24.8 Å². The van der Waals surface area contributed by atoms with Gasteiger partial charge in [0.25, 0.3) is 5.91 Å². The van der Waals surface area contributed by atoms with Gasteiger partial charge in [0.05, 0.1) is 6.20 Å². The molecular formula is C20H21N5OS. The average Bonchev–Trinajstić information content (AvgIpc) is 3.24. The predicted molar refractivity (Wildman–Crippen MR) is 106 cm³/mol. The Labute approximate surface area is 162 Å². The van der Waals surface area contributed by atoms with Crippen LogP contribution in [0.25, 0.3) is 10.7 Å². The first kappa shape index (κ1) is 17.8. The van der Waals surface area contributed by atoms with E-state index in [0.717, 1.165) is 44.2 Å². The van der Waals surface area contributed by atoms with Crippen LogP contribution in [-0.4, -0.2) is 63.4 Å². The standard InChI is InChI=1S/C20H21N5OS/c26-20(18-15-27-19(23-18)17-14-21-7-8-22-17)25-12-10-24(11-13-25)9-6-16-4-2-1-3-5-16/h1-5,7-8,14-15H,6,9-13H2. The zero-order chi connectivity index (χ0) is 18.5. The zero-order valence-electron chi connectivity index (χ0n) is 15.0. The second kappa shape index (κ2) is 8.37. The summed E-state index contributed by atoms with van der Waals surface area (Å²) in [6.45, 7) is 4.32. The van der Waals surface area contributed by atoms with E-state index < -0.39 is 0 Å². The Morgan fingerprint density at radius 2 is 1.89 bits per heavy atom. The van der Waals surface area contributed by atoms with Crippen LogP contribution in [0.3, 0.4) is 0 Å². The third-order valence-electron chi connectivity index (χ3n) is 4.72. The van der Waals surface area contributed by atoms with Crippen LogP contribution in [0.2, 0.25) is 0 Å². The third-order valence-corrected chi connectivity index (χ3v) is 5.59. The first-order chi connectivity index (χ1) is 13.3. The summed E-state index contributed by atoms with van der Waals surface area (Å²) in [5, 5.41) is 2.54. The summed E-state index contributed by atoms with van der Waals surface area (Å²) in [5.41, 5.74) is 2.56. The average molecular weight is 379 g/mol. The fraction of sp³-hybridized carbons (Fsp3) is 0.300. The highest BCUT2D eigenvalue weighted by molar-refractivity contribution is 7.13. The summed E-state index contributed by atoms with van der Waals surface area (Å²) < 4.78 is 0. The van der Waals surface area contributed by atoms with Gasteiger partial charge in [-0.15, -0.1) is 11.3 Å². The number of rotatable bonds is 5. The lowest BCUT2D eigenvalue weighted by molar-refractivity contribution is 0.0633. The van der Waals surface area contributed by atoms with Gasteiger partial charge in [-0.1, -0.05) is 30.3 Å². The summed E-state index contributed by atoms with van der Waals surface area (Å²) in [4.78, 5) is 29.8. The van der Waals surface area contributed by atoms with Gasteiger partial charge in [0.15, 0.2) is 0 Å². The molecule has 0 unspecified atom stereocenters. The zero-order valence-corrected chi connectivity index (χ0v) is 15.8. The Kier molecular flexibility index (Phi) is 5.50. The minimum absolute atomic E-state index is 0.00380. The number of aromatic nitrogens is 3. The largest absolute Gasteiger partial charge is 0.335 e. The first-order valence-corrected chi connectivity index (χ1v) is 9.95. The molecule has 27 heavy (non-hydrogen) atoms. The molecule has 1 saturated heterocycles. The third kappa shape index (κ3) is 4.37. The highest BCUT2D eigenvalue weighted by Gasteiger charge is 2.24. The van der Waals surface area contributed by atoms with Crippen LogP contribution in [0.15, 0.2) is 54.3 Å². The van der Waals surface area contributed by atoms with E-state index in [4.69, 9.17) is 0 Å². The van der Waals surface area contributed by atoms with Gasteiger partial charge in [-0.05, 0) is 12.0 Å². The summed E-state index contributed by atoms with van der Waals surface area (Å²) >= 11 is 1.43. The van der Waals surface area contributed by atoms with Crippen molar-refractivity contribution in [1.29, 1.82) is 0 Å². The van der Waals surface area contributed by atoms with E-state index >= 15 is 0 Å². The number of carbonyl (C=O) groups excluding carboxylic acids is 1. The summed E-state index contributed by atoms with van der Waals surface area (Å²) in [6.07, 6.45) is 5.97. The Bertz CT molecular complexity index is 876. The van der Waals surface area contributed by atoms with E-state index in [2.05, 4.69) is 44.1 Å². The monoisotopic (exact) mass is 379 g/mol. The molecular weight excluding hydrogens is 358 g/mol. The minimum Gasteiger partial charge on any atom is -0.335 e. The van der Waals surface area contributed by atoms with E-state index in [1.54, 1.807) is 18.6 Å². The van der Waals surface area contributed by atoms with Crippen LogP contribution in [0.1, 0.15) is 16.1 Å². The fourth-order valence-electron chi connectivity index (χ4n) is 3.17. The van der Waals surface area contributed by atoms with Crippen LogP contribution in [0.5, 0.6) is 0 Å². The highest BCUT2D eigenvalue weighted by Crippen LogP contribution is 2.22. The number of amides is 1. The molecule has 6 nitrogen and oxygen atoms in total. The maximum Gasteiger partial charge on any atom is 0.273 e. The van der Waals surface area contributed by atoms with Gasteiger partial charge in [0.1, 0.15) is 16.4 Å². The number of piperazine rings is 1. The van der Waals surface area contributed by atoms with Crippen molar-refractivity contribution in [2.24, 2.45) is 0 Å². The van der Waals surface area contributed by atoms with Crippen LogP contribution in [-0.2, 0) is 6.42 Å². The maximum absolute atomic E-state index is 12.7. The molecule has 138 valence electrons. The molecule has 1 fully saturated rings. The van der Waals surface area contributed by atoms with E-state index in [9.17, 15) is 4.79 Å². The highest BCUT2D eigenvalue weighted by atomic mass is 32.1. The number of hydrogen-bond donors (Lipinski definition) is 0. The Morgan fingerprint density at radius 3 is 2.63 bits per heavy atom. The van der Waals surface area contributed by atoms with Crippen LogP contribution >= 0.6 is 11.3 Å². The lowest BCUT2D eigenvalue weighted by Crippen LogP contribution is -2.49. The van der Waals surface area contributed by atoms with E-state index in [1.807, 2.05) is 16.3 Å². The second-order valence-corrected chi connectivity index (χ2v) is 7.36. The number of carbonyl (C=O) groups is 1. The van der Waals surface area contributed by atoms with Crippen molar-refractivity contribution < 1.29 is 4.79 Å². The Morgan fingerprint density at radius 1 is 1.07 bits per heavy atom. The lowest BCUT2D eigenvalue weighted by atomic mass is 10.1. The van der Waals surface area contributed by atoms with Crippen molar-refractivity contribution in [2.75, 3.05) is 32.7 Å². The molecule has 3 aromatic rings. The number of thiazole rings is 1. The predicted octanol–water partition coefficient (Wildman–Crippen LogP) is 2.60. The van der Waals surface area contributed by atoms with Gasteiger partial charge in [-0.2, -0.15) is 0 Å². The summed E-state index contributed by atoms with van der Waals surface area (Å²) in [6, 6.07) is 10.5. The molecule has 1 aromatic carbocycles. The van der Waals surface area contributed by atoms with Crippen molar-refractivity contribution in [3.63, 3.8) is 0 Å². The lowest BCUT2D eigenvalue weighted by Gasteiger charge is -2.34. The van der Waals surface area contributed by atoms with Crippen LogP contribution in [0.4, 0.5) is 0 Å².